The smallest absolute Gasteiger partial charge is 0.234 e. The first-order valence-electron chi connectivity index (χ1n) is 6.06. The normalized spacial score (nSPS) is 13.8. The van der Waals surface area contributed by atoms with E-state index in [1.807, 2.05) is 0 Å². The van der Waals surface area contributed by atoms with Crippen LogP contribution in [0.15, 0.2) is 18.2 Å². The summed E-state index contributed by atoms with van der Waals surface area (Å²) in [5, 5.41) is 5.94. The van der Waals surface area contributed by atoms with E-state index in [0.717, 1.165) is 18.0 Å². The lowest BCUT2D eigenvalue weighted by Crippen LogP contribution is -2.34. The van der Waals surface area contributed by atoms with Crippen molar-refractivity contribution >= 4 is 29.9 Å². The predicted octanol–water partition coefficient (Wildman–Crippen LogP) is 2.52. The van der Waals surface area contributed by atoms with Gasteiger partial charge in [-0.3, -0.25) is 4.79 Å². The maximum atomic E-state index is 12.9. The zero-order chi connectivity index (χ0) is 13.0. The van der Waals surface area contributed by atoms with Crippen molar-refractivity contribution in [2.24, 2.45) is 5.92 Å². The van der Waals surface area contributed by atoms with Crippen LogP contribution in [0.2, 0.25) is 5.02 Å². The van der Waals surface area contributed by atoms with Crippen LogP contribution < -0.4 is 10.6 Å². The Balaban J connectivity index is 0.00000180. The lowest BCUT2D eigenvalue weighted by Gasteiger charge is -2.07. The molecule has 0 spiro atoms. The van der Waals surface area contributed by atoms with Crippen molar-refractivity contribution in [2.75, 3.05) is 13.1 Å². The number of rotatable bonds is 6. The van der Waals surface area contributed by atoms with E-state index in [0.29, 0.717) is 13.1 Å². The van der Waals surface area contributed by atoms with E-state index < -0.39 is 5.82 Å². The Labute approximate surface area is 123 Å². The second-order valence-electron chi connectivity index (χ2n) is 4.60. The molecule has 2 rings (SSSR count). The van der Waals surface area contributed by atoms with Crippen molar-refractivity contribution in [3.63, 3.8) is 0 Å². The summed E-state index contributed by atoms with van der Waals surface area (Å²) in [7, 11) is 0. The summed E-state index contributed by atoms with van der Waals surface area (Å²) in [4.78, 5) is 11.5. The number of benzene rings is 1. The molecule has 3 nitrogen and oxygen atoms in total. The summed E-state index contributed by atoms with van der Waals surface area (Å²) in [6.45, 7) is 1.60. The summed E-state index contributed by atoms with van der Waals surface area (Å²) >= 11 is 5.65. The van der Waals surface area contributed by atoms with Crippen LogP contribution in [0.3, 0.4) is 0 Å². The van der Waals surface area contributed by atoms with Gasteiger partial charge in [-0.05, 0) is 43.0 Å². The van der Waals surface area contributed by atoms with E-state index >= 15 is 0 Å². The number of carbonyl (C=O) groups excluding carboxylic acids is 1. The molecule has 19 heavy (non-hydrogen) atoms. The number of hydrogen-bond acceptors (Lipinski definition) is 2. The molecular weight excluding hydrogens is 290 g/mol. The first kappa shape index (κ1) is 16.2. The molecule has 1 aromatic carbocycles. The van der Waals surface area contributed by atoms with Crippen molar-refractivity contribution in [1.82, 2.24) is 10.6 Å². The highest BCUT2D eigenvalue weighted by Gasteiger charge is 2.20. The van der Waals surface area contributed by atoms with Gasteiger partial charge in [0.2, 0.25) is 5.91 Å². The van der Waals surface area contributed by atoms with Crippen LogP contribution in [-0.4, -0.2) is 19.0 Å². The lowest BCUT2D eigenvalue weighted by atomic mass is 10.2. The van der Waals surface area contributed by atoms with Crippen LogP contribution in [0.4, 0.5) is 4.39 Å². The predicted molar refractivity (Wildman–Crippen MR) is 76.1 cm³/mol. The summed E-state index contributed by atoms with van der Waals surface area (Å²) in [5.74, 6) is 0.252. The molecule has 0 atom stereocenters. The molecule has 106 valence electrons. The molecule has 1 aromatic rings. The third-order valence-corrected chi connectivity index (χ3v) is 3.18. The second kappa shape index (κ2) is 7.68. The van der Waals surface area contributed by atoms with Crippen molar-refractivity contribution in [1.29, 1.82) is 0 Å². The van der Waals surface area contributed by atoms with Gasteiger partial charge in [-0.25, -0.2) is 4.39 Å². The second-order valence-corrected chi connectivity index (χ2v) is 5.01. The molecule has 6 heteroatoms. The summed E-state index contributed by atoms with van der Waals surface area (Å²) in [6.07, 6.45) is 2.53. The largest absolute Gasteiger partial charge is 0.351 e. The number of hydrogen-bond donors (Lipinski definition) is 2. The van der Waals surface area contributed by atoms with Gasteiger partial charge >= 0.3 is 0 Å². The molecule has 1 amide bonds. The topological polar surface area (TPSA) is 41.1 Å². The first-order valence-corrected chi connectivity index (χ1v) is 6.44. The fraction of sp³-hybridized carbons (Fsp3) is 0.462. The zero-order valence-corrected chi connectivity index (χ0v) is 12.0. The van der Waals surface area contributed by atoms with Crippen LogP contribution in [0.1, 0.15) is 18.4 Å². The summed E-state index contributed by atoms with van der Waals surface area (Å²) < 4.78 is 12.9. The highest BCUT2D eigenvalue weighted by molar-refractivity contribution is 6.30. The number of nitrogens with one attached hydrogen (secondary N) is 2. The fourth-order valence-corrected chi connectivity index (χ4v) is 1.83. The molecule has 2 N–H and O–H groups in total. The Morgan fingerprint density at radius 2 is 2.16 bits per heavy atom. The first-order chi connectivity index (χ1) is 8.65. The highest BCUT2D eigenvalue weighted by atomic mass is 35.5. The van der Waals surface area contributed by atoms with Gasteiger partial charge in [-0.15, -0.1) is 12.4 Å². The number of halogens is 3. The average Bonchev–Trinajstić information content (AvgIpc) is 3.15. The Morgan fingerprint density at radius 1 is 1.42 bits per heavy atom. The molecule has 0 bridgehead atoms. The molecule has 1 fully saturated rings. The number of amides is 1. The third-order valence-electron chi connectivity index (χ3n) is 2.89. The molecule has 0 unspecified atom stereocenters. The average molecular weight is 307 g/mol. The molecule has 1 saturated carbocycles. The molecule has 0 radical (unpaired) electrons. The van der Waals surface area contributed by atoms with Gasteiger partial charge in [0.15, 0.2) is 0 Å². The van der Waals surface area contributed by atoms with Crippen molar-refractivity contribution in [3.8, 4) is 0 Å². The molecule has 1 aliphatic carbocycles. The molecule has 0 aromatic heterocycles. The van der Waals surface area contributed by atoms with E-state index in [2.05, 4.69) is 10.6 Å². The van der Waals surface area contributed by atoms with Gasteiger partial charge in [0, 0.05) is 6.54 Å². The van der Waals surface area contributed by atoms with Crippen molar-refractivity contribution in [3.05, 3.63) is 34.6 Å². The maximum absolute atomic E-state index is 12.9. The molecule has 0 saturated heterocycles. The van der Waals surface area contributed by atoms with Gasteiger partial charge in [-0.1, -0.05) is 17.7 Å². The Kier molecular flexibility index (Phi) is 6.55. The van der Waals surface area contributed by atoms with Crippen LogP contribution >= 0.6 is 24.0 Å². The quantitative estimate of drug-likeness (QED) is 0.848. The van der Waals surface area contributed by atoms with Crippen LogP contribution in [-0.2, 0) is 11.3 Å². The minimum absolute atomic E-state index is 0. The van der Waals surface area contributed by atoms with E-state index in [1.54, 1.807) is 6.07 Å². The lowest BCUT2D eigenvalue weighted by molar-refractivity contribution is -0.120. The maximum Gasteiger partial charge on any atom is 0.234 e. The molecule has 1 aliphatic rings. The zero-order valence-electron chi connectivity index (χ0n) is 10.4. The van der Waals surface area contributed by atoms with Gasteiger partial charge in [0.05, 0.1) is 11.6 Å². The van der Waals surface area contributed by atoms with Crippen LogP contribution in [0, 0.1) is 11.7 Å². The minimum atomic E-state index is -0.446. The van der Waals surface area contributed by atoms with Gasteiger partial charge in [0.25, 0.3) is 0 Å². The monoisotopic (exact) mass is 306 g/mol. The van der Waals surface area contributed by atoms with Crippen molar-refractivity contribution in [2.45, 2.75) is 19.4 Å². The van der Waals surface area contributed by atoms with Crippen molar-refractivity contribution < 1.29 is 9.18 Å². The van der Waals surface area contributed by atoms with Gasteiger partial charge < -0.3 is 10.6 Å². The van der Waals surface area contributed by atoms with Gasteiger partial charge in [0.1, 0.15) is 5.82 Å². The summed E-state index contributed by atoms with van der Waals surface area (Å²) in [6, 6.07) is 4.43. The van der Waals surface area contributed by atoms with E-state index in [-0.39, 0.29) is 23.3 Å². The number of carbonyl (C=O) groups is 1. The van der Waals surface area contributed by atoms with Crippen LogP contribution in [0.5, 0.6) is 0 Å². The Hall–Kier alpha value is -0.840. The van der Waals surface area contributed by atoms with E-state index in [9.17, 15) is 9.18 Å². The Bertz CT molecular complexity index is 439. The van der Waals surface area contributed by atoms with E-state index in [1.165, 1.54) is 25.0 Å². The SMILES string of the molecule is Cl.O=C(CNCC1CC1)NCc1ccc(F)c(Cl)c1. The standard InChI is InChI=1S/C13H16ClFN2O.ClH/c14-11-5-10(3-4-12(11)15)7-17-13(18)8-16-6-9-1-2-9;/h3-5,9,16H,1-2,6-8H2,(H,17,18);1H. The highest BCUT2D eigenvalue weighted by Crippen LogP contribution is 2.27. The summed E-state index contributed by atoms with van der Waals surface area (Å²) in [5.41, 5.74) is 0.789. The van der Waals surface area contributed by atoms with Gasteiger partial charge in [-0.2, -0.15) is 0 Å². The Morgan fingerprint density at radius 3 is 2.79 bits per heavy atom. The van der Waals surface area contributed by atoms with E-state index in [4.69, 9.17) is 11.6 Å². The molecule has 0 aliphatic heterocycles. The molecule has 0 heterocycles. The minimum Gasteiger partial charge on any atom is -0.351 e. The van der Waals surface area contributed by atoms with Crippen LogP contribution in [0.25, 0.3) is 0 Å². The third kappa shape index (κ3) is 5.76. The fourth-order valence-electron chi connectivity index (χ4n) is 1.62. The molecular formula is C13H17Cl2FN2O.